The lowest BCUT2D eigenvalue weighted by Gasteiger charge is -2.38. The zero-order valence-corrected chi connectivity index (χ0v) is 33.4. The van der Waals surface area contributed by atoms with Crippen molar-refractivity contribution >= 4 is 46.6 Å². The molecule has 4 aromatic rings. The Morgan fingerprint density at radius 2 is 0.583 bits per heavy atom. The number of halogens is 6. The van der Waals surface area contributed by atoms with Crippen LogP contribution >= 0.6 is 0 Å². The molecule has 16 heteroatoms. The average molecular weight is 841 g/mol. The van der Waals surface area contributed by atoms with E-state index in [0.717, 1.165) is 31.9 Å². The zero-order valence-electron chi connectivity index (χ0n) is 33.4. The van der Waals surface area contributed by atoms with Gasteiger partial charge >= 0.3 is 24.3 Å². The molecule has 0 heterocycles. The number of hydrogen-bond acceptors (Lipinski definition) is 8. The first kappa shape index (κ1) is 47.8. The largest absolute Gasteiger partial charge is 0.478 e. The Kier molecular flexibility index (Phi) is 13.8. The lowest BCUT2D eigenvalue weighted by molar-refractivity contribution is -0.288. The van der Waals surface area contributed by atoms with E-state index in [0.29, 0.717) is 41.5 Å². The van der Waals surface area contributed by atoms with Gasteiger partial charge in [0.1, 0.15) is 0 Å². The van der Waals surface area contributed by atoms with E-state index in [1.54, 1.807) is 30.3 Å². The van der Waals surface area contributed by atoms with Crippen molar-refractivity contribution < 1.29 is 74.9 Å². The number of rotatable bonds is 12. The van der Waals surface area contributed by atoms with Gasteiger partial charge in [-0.2, -0.15) is 26.3 Å². The molecule has 0 saturated carbocycles. The summed E-state index contributed by atoms with van der Waals surface area (Å²) < 4.78 is 86.1. The van der Waals surface area contributed by atoms with Crippen LogP contribution in [0.25, 0.3) is 0 Å². The molecule has 0 unspecified atom stereocenters. The van der Waals surface area contributed by atoms with Crippen LogP contribution in [0, 0.1) is 0 Å². The molecule has 2 N–H and O–H groups in total. The number of carbonyl (C=O) groups is 8. The number of benzene rings is 4. The van der Waals surface area contributed by atoms with Gasteiger partial charge in [0.05, 0.1) is 11.1 Å². The molecule has 0 radical (unpaired) electrons. The third kappa shape index (κ3) is 9.17. The van der Waals surface area contributed by atoms with Gasteiger partial charge in [-0.25, -0.2) is 9.59 Å². The Morgan fingerprint density at radius 1 is 0.367 bits per heavy atom. The van der Waals surface area contributed by atoms with Gasteiger partial charge < -0.3 is 10.2 Å². The second-order valence-electron chi connectivity index (χ2n) is 14.4. The molecule has 4 aromatic carbocycles. The number of carboxylic acid groups (broad SMARTS) is 2. The molecule has 4 rings (SSSR count). The van der Waals surface area contributed by atoms with E-state index < -0.39 is 80.3 Å². The van der Waals surface area contributed by atoms with Crippen LogP contribution in [0.15, 0.2) is 72.8 Å². The normalized spacial score (nSPS) is 11.8. The van der Waals surface area contributed by atoms with Gasteiger partial charge in [0, 0.05) is 38.8 Å². The average Bonchev–Trinajstić information content (AvgIpc) is 3.13. The van der Waals surface area contributed by atoms with Crippen LogP contribution < -0.4 is 0 Å². The van der Waals surface area contributed by atoms with Crippen molar-refractivity contribution in [3.8, 4) is 0 Å². The minimum Gasteiger partial charge on any atom is -0.478 e. The van der Waals surface area contributed by atoms with Crippen LogP contribution in [-0.2, 0) is 10.8 Å². The number of carboxylic acids is 2. The van der Waals surface area contributed by atoms with Gasteiger partial charge in [0.25, 0.3) is 0 Å². The molecule has 0 amide bonds. The third-order valence-electron chi connectivity index (χ3n) is 9.97. The Labute approximate surface area is 339 Å². The minimum absolute atomic E-state index is 0.0431. The summed E-state index contributed by atoms with van der Waals surface area (Å²) in [7, 11) is 0. The SMILES string of the molecule is CC(=O)c1ccc(C(C)(C)c2ccc(C(=O)O)c(C(C)=O)c2)cc1C(C)=O.CC(=O)c1ccc(C(c2ccc(C(=O)O)c(C(C)=O)c2)(C(F)(F)F)C(F)(F)F)cc1C(C)=O. The number of carbonyl (C=O) groups excluding carboxylic acids is 6. The second kappa shape index (κ2) is 17.3. The number of aromatic carboxylic acids is 2. The van der Waals surface area contributed by atoms with Gasteiger partial charge in [0.2, 0.25) is 5.41 Å². The topological polar surface area (TPSA) is 177 Å². The predicted molar refractivity (Wildman–Crippen MR) is 205 cm³/mol. The highest BCUT2D eigenvalue weighted by atomic mass is 19.4. The maximum absolute atomic E-state index is 14.4. The van der Waals surface area contributed by atoms with Gasteiger partial charge in [-0.15, -0.1) is 0 Å². The van der Waals surface area contributed by atoms with Crippen molar-refractivity contribution in [2.45, 2.75) is 78.6 Å². The van der Waals surface area contributed by atoms with Crippen LogP contribution in [0.5, 0.6) is 0 Å². The lowest BCUT2D eigenvalue weighted by Crippen LogP contribution is -2.55. The molecule has 0 fully saturated rings. The first-order chi connectivity index (χ1) is 27.4. The monoisotopic (exact) mass is 840 g/mol. The van der Waals surface area contributed by atoms with Gasteiger partial charge in [-0.05, 0) is 100 Å². The maximum atomic E-state index is 14.4. The fraction of sp³-hybridized carbons (Fsp3) is 0.273. The van der Waals surface area contributed by atoms with Crippen LogP contribution in [0.1, 0.15) is 161 Å². The summed E-state index contributed by atoms with van der Waals surface area (Å²) in [6.07, 6.45) is -12.1. The first-order valence-corrected chi connectivity index (χ1v) is 17.7. The summed E-state index contributed by atoms with van der Waals surface area (Å²) in [6, 6.07) is 12.3. The molecule has 0 spiro atoms. The van der Waals surface area contributed by atoms with E-state index in [1.165, 1.54) is 26.8 Å². The fourth-order valence-corrected chi connectivity index (χ4v) is 6.72. The highest BCUT2D eigenvalue weighted by Crippen LogP contribution is 2.56. The van der Waals surface area contributed by atoms with E-state index in [-0.39, 0.29) is 40.1 Å². The molecule has 0 saturated heterocycles. The first-order valence-electron chi connectivity index (χ1n) is 17.7. The Balaban J connectivity index is 0.000000327. The van der Waals surface area contributed by atoms with Crippen molar-refractivity contribution in [1.29, 1.82) is 0 Å². The van der Waals surface area contributed by atoms with Crippen LogP contribution in [0.3, 0.4) is 0 Å². The minimum atomic E-state index is -6.05. The Morgan fingerprint density at radius 3 is 0.817 bits per heavy atom. The van der Waals surface area contributed by atoms with Crippen molar-refractivity contribution in [1.82, 2.24) is 0 Å². The van der Waals surface area contributed by atoms with Crippen molar-refractivity contribution in [3.63, 3.8) is 0 Å². The van der Waals surface area contributed by atoms with E-state index in [4.69, 9.17) is 5.11 Å². The van der Waals surface area contributed by atoms with Crippen molar-refractivity contribution in [3.05, 3.63) is 140 Å². The molecule has 60 heavy (non-hydrogen) atoms. The van der Waals surface area contributed by atoms with E-state index in [9.17, 15) is 69.8 Å². The molecule has 0 aliphatic heterocycles. The lowest BCUT2D eigenvalue weighted by atomic mass is 9.71. The highest BCUT2D eigenvalue weighted by molar-refractivity contribution is 6.09. The number of alkyl halides is 6. The molecular formula is C44H38F6O10. The fourth-order valence-electron chi connectivity index (χ4n) is 6.72. The van der Waals surface area contributed by atoms with Crippen LogP contribution in [-0.4, -0.2) is 69.2 Å². The molecule has 0 bridgehead atoms. The summed E-state index contributed by atoms with van der Waals surface area (Å²) >= 11 is 0. The summed E-state index contributed by atoms with van der Waals surface area (Å²) in [6.45, 7) is 10.6. The van der Waals surface area contributed by atoms with E-state index in [1.807, 2.05) is 13.8 Å². The Bertz CT molecular complexity index is 2300. The van der Waals surface area contributed by atoms with Gasteiger partial charge in [-0.3, -0.25) is 28.8 Å². The second-order valence-corrected chi connectivity index (χ2v) is 14.4. The van der Waals surface area contributed by atoms with Crippen molar-refractivity contribution in [2.75, 3.05) is 0 Å². The molecule has 0 aromatic heterocycles. The zero-order chi connectivity index (χ0) is 46.0. The molecule has 0 aliphatic carbocycles. The number of hydrogen-bond donors (Lipinski definition) is 2. The molecule has 0 atom stereocenters. The molecule has 10 nitrogen and oxygen atoms in total. The third-order valence-corrected chi connectivity index (χ3v) is 9.97. The summed E-state index contributed by atoms with van der Waals surface area (Å²) in [5, 5.41) is 18.4. The van der Waals surface area contributed by atoms with E-state index >= 15 is 0 Å². The maximum Gasteiger partial charge on any atom is 0.411 e. The predicted octanol–water partition coefficient (Wildman–Crippen LogP) is 9.72. The van der Waals surface area contributed by atoms with Crippen LogP contribution in [0.2, 0.25) is 0 Å². The molecule has 316 valence electrons. The van der Waals surface area contributed by atoms with Gasteiger partial charge in [-0.1, -0.05) is 50.2 Å². The highest BCUT2D eigenvalue weighted by Gasteiger charge is 2.72. The summed E-state index contributed by atoms with van der Waals surface area (Å²) in [5.41, 5.74) is -8.54. The van der Waals surface area contributed by atoms with E-state index in [2.05, 4.69) is 0 Å². The Hall–Kier alpha value is -6.58. The summed E-state index contributed by atoms with van der Waals surface area (Å²) in [5.74, 6) is -6.36. The van der Waals surface area contributed by atoms with Crippen LogP contribution in [0.4, 0.5) is 26.3 Å². The number of ketones is 6. The van der Waals surface area contributed by atoms with Crippen molar-refractivity contribution in [2.24, 2.45) is 0 Å². The standard InChI is InChI=1S/C22H16F6O5.C22H22O5/c1-10(29)15-6-4-13(8-17(15)11(2)30)20(21(23,24)25,22(26,27)28)14-5-7-16(19(32)33)18(9-14)12(3)31;1-12(23)17-8-6-15(10-19(17)13(2)24)22(4,5)16-7-9-18(21(26)27)20(11-16)14(3)25/h4-9H,1-3H3,(H,32,33);6-11H,1-5H3,(H,26,27). The smallest absolute Gasteiger partial charge is 0.411 e. The number of Topliss-reactive ketones (excluding diaryl/α,β-unsaturated/α-hetero) is 6. The quantitative estimate of drug-likeness (QED) is 0.103. The molecule has 0 aliphatic rings. The molecular weight excluding hydrogens is 802 g/mol. The summed E-state index contributed by atoms with van der Waals surface area (Å²) in [4.78, 5) is 93.8. The van der Waals surface area contributed by atoms with Gasteiger partial charge in [0.15, 0.2) is 34.7 Å².